The molecule has 1 aliphatic heterocycles. The lowest BCUT2D eigenvalue weighted by atomic mass is 10.2. The smallest absolute Gasteiger partial charge is 0.0678 e. The average molecular weight is 185 g/mol. The van der Waals surface area contributed by atoms with Crippen LogP contribution in [-0.4, -0.2) is 48.0 Å². The molecule has 2 aliphatic rings. The monoisotopic (exact) mass is 185 g/mol. The number of aliphatic hydroxyl groups is 1. The summed E-state index contributed by atoms with van der Waals surface area (Å²) < 4.78 is 5.66. The minimum absolute atomic E-state index is 0.351. The molecule has 1 saturated heterocycles. The standard InChI is InChI=1S/C10H19NO2/c1-7-4-11(5-8(2)13-7)10-3-9(10)6-12/h7-10,12H,3-6H2,1-2H3/t7-,8+,9?,10?. The van der Waals surface area contributed by atoms with Crippen LogP contribution in [0.3, 0.4) is 0 Å². The Bertz CT molecular complexity index is 176. The van der Waals surface area contributed by atoms with Crippen molar-refractivity contribution < 1.29 is 9.84 Å². The van der Waals surface area contributed by atoms with Crippen LogP contribution in [0.25, 0.3) is 0 Å². The van der Waals surface area contributed by atoms with Gasteiger partial charge in [0.25, 0.3) is 0 Å². The molecule has 13 heavy (non-hydrogen) atoms. The molecule has 3 nitrogen and oxygen atoms in total. The van der Waals surface area contributed by atoms with Crippen LogP contribution < -0.4 is 0 Å². The summed E-state index contributed by atoms with van der Waals surface area (Å²) in [4.78, 5) is 2.47. The highest BCUT2D eigenvalue weighted by Crippen LogP contribution is 2.36. The van der Waals surface area contributed by atoms with Gasteiger partial charge >= 0.3 is 0 Å². The van der Waals surface area contributed by atoms with E-state index < -0.39 is 0 Å². The third kappa shape index (κ3) is 2.03. The van der Waals surface area contributed by atoms with Gasteiger partial charge in [-0.2, -0.15) is 0 Å². The van der Waals surface area contributed by atoms with Gasteiger partial charge in [0.1, 0.15) is 0 Å². The summed E-state index contributed by atoms with van der Waals surface area (Å²) in [7, 11) is 0. The summed E-state index contributed by atoms with van der Waals surface area (Å²) in [5.74, 6) is 0.539. The van der Waals surface area contributed by atoms with E-state index in [0.717, 1.165) is 13.1 Å². The number of hydrogen-bond acceptors (Lipinski definition) is 3. The second-order valence-corrected chi connectivity index (χ2v) is 4.46. The molecular weight excluding hydrogens is 166 g/mol. The van der Waals surface area contributed by atoms with Crippen LogP contribution >= 0.6 is 0 Å². The molecule has 0 amide bonds. The van der Waals surface area contributed by atoms with Gasteiger partial charge in [-0.3, -0.25) is 4.90 Å². The molecule has 2 rings (SSSR count). The molecule has 2 unspecified atom stereocenters. The normalized spacial score (nSPS) is 46.4. The Hall–Kier alpha value is -0.120. The van der Waals surface area contributed by atoms with Gasteiger partial charge in [-0.05, 0) is 26.2 Å². The maximum Gasteiger partial charge on any atom is 0.0678 e. The molecule has 1 aliphatic carbocycles. The number of aliphatic hydroxyl groups excluding tert-OH is 1. The van der Waals surface area contributed by atoms with E-state index in [-0.39, 0.29) is 0 Å². The molecule has 76 valence electrons. The van der Waals surface area contributed by atoms with Crippen molar-refractivity contribution in [3.05, 3.63) is 0 Å². The van der Waals surface area contributed by atoms with Crippen molar-refractivity contribution in [2.75, 3.05) is 19.7 Å². The summed E-state index contributed by atoms with van der Waals surface area (Å²) in [6, 6.07) is 0.638. The van der Waals surface area contributed by atoms with Crippen molar-refractivity contribution in [3.63, 3.8) is 0 Å². The van der Waals surface area contributed by atoms with E-state index in [9.17, 15) is 0 Å². The maximum absolute atomic E-state index is 8.98. The van der Waals surface area contributed by atoms with Crippen molar-refractivity contribution in [3.8, 4) is 0 Å². The van der Waals surface area contributed by atoms with E-state index in [1.807, 2.05) is 0 Å². The van der Waals surface area contributed by atoms with Gasteiger partial charge < -0.3 is 9.84 Å². The van der Waals surface area contributed by atoms with Crippen molar-refractivity contribution in [1.82, 2.24) is 4.90 Å². The van der Waals surface area contributed by atoms with Crippen LogP contribution in [0, 0.1) is 5.92 Å². The quantitative estimate of drug-likeness (QED) is 0.679. The van der Waals surface area contributed by atoms with E-state index in [1.54, 1.807) is 0 Å². The van der Waals surface area contributed by atoms with Crippen molar-refractivity contribution in [2.45, 2.75) is 38.5 Å². The van der Waals surface area contributed by atoms with Crippen LogP contribution in [0.1, 0.15) is 20.3 Å². The van der Waals surface area contributed by atoms with E-state index in [2.05, 4.69) is 18.7 Å². The Kier molecular flexibility index (Phi) is 2.58. The predicted molar refractivity (Wildman–Crippen MR) is 50.6 cm³/mol. The molecule has 1 heterocycles. The summed E-state index contributed by atoms with van der Waals surface area (Å²) in [6.07, 6.45) is 1.88. The fraction of sp³-hybridized carbons (Fsp3) is 1.00. The zero-order valence-electron chi connectivity index (χ0n) is 8.44. The number of nitrogens with zero attached hydrogens (tertiary/aromatic N) is 1. The van der Waals surface area contributed by atoms with Crippen LogP contribution in [0.4, 0.5) is 0 Å². The second-order valence-electron chi connectivity index (χ2n) is 4.46. The largest absolute Gasteiger partial charge is 0.396 e. The molecule has 1 N–H and O–H groups in total. The number of rotatable bonds is 2. The lowest BCUT2D eigenvalue weighted by Gasteiger charge is -2.35. The molecular formula is C10H19NO2. The van der Waals surface area contributed by atoms with E-state index in [1.165, 1.54) is 6.42 Å². The van der Waals surface area contributed by atoms with E-state index in [0.29, 0.717) is 30.8 Å². The van der Waals surface area contributed by atoms with Crippen LogP contribution in [-0.2, 0) is 4.74 Å². The van der Waals surface area contributed by atoms with E-state index in [4.69, 9.17) is 9.84 Å². The molecule has 2 fully saturated rings. The van der Waals surface area contributed by atoms with Crippen molar-refractivity contribution >= 4 is 0 Å². The second kappa shape index (κ2) is 3.56. The van der Waals surface area contributed by atoms with E-state index >= 15 is 0 Å². The summed E-state index contributed by atoms with van der Waals surface area (Å²) in [5, 5.41) is 8.98. The van der Waals surface area contributed by atoms with Crippen molar-refractivity contribution in [1.29, 1.82) is 0 Å². The molecule has 0 bridgehead atoms. The lowest BCUT2D eigenvalue weighted by molar-refractivity contribution is -0.0723. The maximum atomic E-state index is 8.98. The molecule has 0 aromatic carbocycles. The highest BCUT2D eigenvalue weighted by atomic mass is 16.5. The van der Waals surface area contributed by atoms with Crippen molar-refractivity contribution in [2.24, 2.45) is 5.92 Å². The topological polar surface area (TPSA) is 32.7 Å². The fourth-order valence-electron chi connectivity index (χ4n) is 2.36. The first-order valence-electron chi connectivity index (χ1n) is 5.21. The summed E-state index contributed by atoms with van der Waals surface area (Å²) in [6.45, 7) is 6.67. The molecule has 0 spiro atoms. The molecule has 3 heteroatoms. The first-order valence-corrected chi connectivity index (χ1v) is 5.21. The molecule has 0 aromatic heterocycles. The Labute approximate surface area is 79.7 Å². The number of morpholine rings is 1. The predicted octanol–water partition coefficient (Wildman–Crippen LogP) is 0.476. The van der Waals surface area contributed by atoms with Crippen LogP contribution in [0.15, 0.2) is 0 Å². The number of hydrogen-bond donors (Lipinski definition) is 1. The van der Waals surface area contributed by atoms with Crippen LogP contribution in [0.5, 0.6) is 0 Å². The number of ether oxygens (including phenoxy) is 1. The first-order chi connectivity index (χ1) is 6.20. The highest BCUT2D eigenvalue weighted by molar-refractivity contribution is 4.96. The lowest BCUT2D eigenvalue weighted by Crippen LogP contribution is -2.46. The average Bonchev–Trinajstić information content (AvgIpc) is 2.80. The minimum atomic E-state index is 0.351. The van der Waals surface area contributed by atoms with Crippen LogP contribution in [0.2, 0.25) is 0 Å². The van der Waals surface area contributed by atoms with Gasteiger partial charge in [0, 0.05) is 25.7 Å². The highest BCUT2D eigenvalue weighted by Gasteiger charge is 2.43. The molecule has 1 saturated carbocycles. The van der Waals surface area contributed by atoms with Gasteiger partial charge in [0.05, 0.1) is 12.2 Å². The molecule has 0 aromatic rings. The van der Waals surface area contributed by atoms with Gasteiger partial charge in [0.2, 0.25) is 0 Å². The SMILES string of the molecule is C[C@@H]1CN(C2CC2CO)C[C@H](C)O1. The third-order valence-electron chi connectivity index (χ3n) is 3.04. The summed E-state index contributed by atoms with van der Waals surface area (Å²) >= 11 is 0. The Morgan fingerprint density at radius 3 is 2.38 bits per heavy atom. The minimum Gasteiger partial charge on any atom is -0.396 e. The first kappa shape index (κ1) is 9.44. The fourth-order valence-corrected chi connectivity index (χ4v) is 2.36. The summed E-state index contributed by atoms with van der Waals surface area (Å²) in [5.41, 5.74) is 0. The zero-order chi connectivity index (χ0) is 9.42. The Balaban J connectivity index is 1.86. The Morgan fingerprint density at radius 2 is 1.92 bits per heavy atom. The van der Waals surface area contributed by atoms with Gasteiger partial charge in [-0.15, -0.1) is 0 Å². The zero-order valence-corrected chi connectivity index (χ0v) is 8.44. The van der Waals surface area contributed by atoms with Gasteiger partial charge in [-0.1, -0.05) is 0 Å². The molecule has 0 radical (unpaired) electrons. The van der Waals surface area contributed by atoms with Gasteiger partial charge in [-0.25, -0.2) is 0 Å². The third-order valence-corrected chi connectivity index (χ3v) is 3.04. The molecule has 4 atom stereocenters. The van der Waals surface area contributed by atoms with Gasteiger partial charge in [0.15, 0.2) is 0 Å². The Morgan fingerprint density at radius 1 is 1.31 bits per heavy atom.